The minimum atomic E-state index is -0.762. The van der Waals surface area contributed by atoms with Gasteiger partial charge in [-0.15, -0.1) is 0 Å². The fourth-order valence-corrected chi connectivity index (χ4v) is 4.35. The van der Waals surface area contributed by atoms with Crippen molar-refractivity contribution in [3.8, 4) is 0 Å². The molecule has 1 aliphatic rings. The van der Waals surface area contributed by atoms with Gasteiger partial charge in [-0.3, -0.25) is 0 Å². The maximum Gasteiger partial charge on any atom is 0.408 e. The normalized spacial score (nSPS) is 19.5. The molecule has 3 aromatic carbocycles. The molecule has 1 amide bonds. The van der Waals surface area contributed by atoms with Crippen LogP contribution in [0.4, 0.5) is 4.79 Å². The smallest absolute Gasteiger partial charge is 0.408 e. The lowest BCUT2D eigenvalue weighted by Gasteiger charge is -2.30. The molecule has 0 unspecified atom stereocenters. The summed E-state index contributed by atoms with van der Waals surface area (Å²) in [5.74, 6) is -0.507. The van der Waals surface area contributed by atoms with Crippen LogP contribution in [0.1, 0.15) is 42.3 Å². The number of nitrogens with one attached hydrogen (secondary N) is 1. The summed E-state index contributed by atoms with van der Waals surface area (Å²) in [6, 6.07) is 27.6. The number of esters is 1. The number of rotatable bonds is 11. The van der Waals surface area contributed by atoms with Gasteiger partial charge in [0.15, 0.2) is 0 Å². The summed E-state index contributed by atoms with van der Waals surface area (Å²) in [4.78, 5) is 25.8. The number of hydrogen-bond acceptors (Lipinski definition) is 7. The van der Waals surface area contributed by atoms with Gasteiger partial charge in [0.25, 0.3) is 0 Å². The largest absolute Gasteiger partial charge is 0.454 e. The number of carbonyl (C=O) groups excluding carboxylic acids is 2. The van der Waals surface area contributed by atoms with E-state index in [4.69, 9.17) is 23.7 Å². The van der Waals surface area contributed by atoms with Gasteiger partial charge in [0.05, 0.1) is 32.0 Å². The number of carbonyl (C=O) groups is 2. The second-order valence-electron chi connectivity index (χ2n) is 10.6. The molecular weight excluding hydrogens is 510 g/mol. The zero-order valence-corrected chi connectivity index (χ0v) is 23.2. The van der Waals surface area contributed by atoms with Crippen molar-refractivity contribution >= 4 is 12.1 Å². The molecule has 4 atom stereocenters. The van der Waals surface area contributed by atoms with Crippen LogP contribution >= 0.6 is 0 Å². The first-order valence-electron chi connectivity index (χ1n) is 13.4. The van der Waals surface area contributed by atoms with Gasteiger partial charge in [-0.05, 0) is 44.0 Å². The summed E-state index contributed by atoms with van der Waals surface area (Å²) in [6.45, 7) is 6.32. The van der Waals surface area contributed by atoms with Crippen molar-refractivity contribution in [1.29, 1.82) is 0 Å². The maximum atomic E-state index is 12.9. The Bertz CT molecular complexity index is 1200. The van der Waals surface area contributed by atoms with Gasteiger partial charge in [-0.2, -0.15) is 0 Å². The predicted octanol–water partition coefficient (Wildman–Crippen LogP) is 5.31. The first-order chi connectivity index (χ1) is 19.3. The molecular formula is C32H37NO7. The van der Waals surface area contributed by atoms with E-state index in [1.807, 2.05) is 66.7 Å². The molecule has 0 radical (unpaired) electrons. The molecule has 0 spiro atoms. The number of hydrogen-bond donors (Lipinski definition) is 1. The van der Waals surface area contributed by atoms with Crippen LogP contribution in [0.15, 0.2) is 91.0 Å². The van der Waals surface area contributed by atoms with Crippen molar-refractivity contribution in [3.05, 3.63) is 108 Å². The van der Waals surface area contributed by atoms with Gasteiger partial charge in [0.1, 0.15) is 30.0 Å². The zero-order valence-electron chi connectivity index (χ0n) is 23.2. The summed E-state index contributed by atoms with van der Waals surface area (Å²) >= 11 is 0. The van der Waals surface area contributed by atoms with E-state index in [1.165, 1.54) is 0 Å². The Hall–Kier alpha value is -3.72. The molecule has 3 aromatic rings. The van der Waals surface area contributed by atoms with E-state index in [-0.39, 0.29) is 13.2 Å². The summed E-state index contributed by atoms with van der Waals surface area (Å²) in [5, 5.41) is 2.88. The minimum Gasteiger partial charge on any atom is -0.454 e. The van der Waals surface area contributed by atoms with E-state index in [2.05, 4.69) is 5.32 Å². The van der Waals surface area contributed by atoms with Crippen LogP contribution in [0.25, 0.3) is 0 Å². The highest BCUT2D eigenvalue weighted by molar-refractivity contribution is 5.89. The Labute approximate surface area is 235 Å². The van der Waals surface area contributed by atoms with Gasteiger partial charge in [-0.25, -0.2) is 9.59 Å². The molecule has 1 fully saturated rings. The highest BCUT2D eigenvalue weighted by Gasteiger charge is 2.46. The molecule has 1 heterocycles. The van der Waals surface area contributed by atoms with Gasteiger partial charge in [0.2, 0.25) is 0 Å². The van der Waals surface area contributed by atoms with Crippen LogP contribution in [-0.4, -0.2) is 55.2 Å². The number of alkyl carbamates (subject to hydrolysis) is 1. The van der Waals surface area contributed by atoms with Crippen LogP contribution in [0, 0.1) is 0 Å². The monoisotopic (exact) mass is 547 g/mol. The Balaban J connectivity index is 1.52. The van der Waals surface area contributed by atoms with E-state index < -0.39 is 42.0 Å². The van der Waals surface area contributed by atoms with E-state index in [9.17, 15) is 9.59 Å². The average molecular weight is 548 g/mol. The average Bonchev–Trinajstić information content (AvgIpc) is 3.32. The lowest BCUT2D eigenvalue weighted by molar-refractivity contribution is -0.100. The SMILES string of the molecule is CC(C)(C)OC(=O)N[C@H]1[C@@H]([C@@H](COCc2ccccc2)OCc2ccccc2)OC[C@@H]1OC(=O)c1ccccc1. The number of benzene rings is 3. The molecule has 1 aliphatic heterocycles. The second kappa shape index (κ2) is 14.1. The predicted molar refractivity (Wildman–Crippen MR) is 150 cm³/mol. The van der Waals surface area contributed by atoms with E-state index >= 15 is 0 Å². The molecule has 8 nitrogen and oxygen atoms in total. The zero-order chi connectivity index (χ0) is 28.4. The van der Waals surface area contributed by atoms with E-state index in [0.29, 0.717) is 18.8 Å². The molecule has 1 saturated heterocycles. The first kappa shape index (κ1) is 29.3. The third kappa shape index (κ3) is 8.91. The summed E-state index contributed by atoms with van der Waals surface area (Å²) in [6.07, 6.45) is -2.65. The first-order valence-corrected chi connectivity index (χ1v) is 13.4. The Kier molecular flexibility index (Phi) is 10.3. The lowest BCUT2D eigenvalue weighted by atomic mass is 10.0. The van der Waals surface area contributed by atoms with Gasteiger partial charge >= 0.3 is 12.1 Å². The topological polar surface area (TPSA) is 92.3 Å². The lowest BCUT2D eigenvalue weighted by Crippen LogP contribution is -2.54. The molecule has 40 heavy (non-hydrogen) atoms. The van der Waals surface area contributed by atoms with Crippen LogP contribution in [0.3, 0.4) is 0 Å². The number of amides is 1. The Morgan fingerprint density at radius 3 is 2.05 bits per heavy atom. The van der Waals surface area contributed by atoms with Crippen LogP contribution in [0.2, 0.25) is 0 Å². The van der Waals surface area contributed by atoms with Gasteiger partial charge in [-0.1, -0.05) is 78.9 Å². The van der Waals surface area contributed by atoms with Crippen LogP contribution in [-0.2, 0) is 36.9 Å². The molecule has 1 N–H and O–H groups in total. The van der Waals surface area contributed by atoms with Gasteiger partial charge < -0.3 is 29.0 Å². The van der Waals surface area contributed by atoms with Crippen molar-refractivity contribution < 1.29 is 33.3 Å². The highest BCUT2D eigenvalue weighted by atomic mass is 16.6. The van der Waals surface area contributed by atoms with E-state index in [0.717, 1.165) is 11.1 Å². The molecule has 0 aromatic heterocycles. The van der Waals surface area contributed by atoms with Crippen molar-refractivity contribution in [2.24, 2.45) is 0 Å². The van der Waals surface area contributed by atoms with Crippen LogP contribution < -0.4 is 5.32 Å². The van der Waals surface area contributed by atoms with Crippen molar-refractivity contribution in [3.63, 3.8) is 0 Å². The van der Waals surface area contributed by atoms with E-state index in [1.54, 1.807) is 45.0 Å². The molecule has 8 heteroatoms. The van der Waals surface area contributed by atoms with Crippen molar-refractivity contribution in [2.45, 2.75) is 63.9 Å². The molecule has 0 aliphatic carbocycles. The fraction of sp³-hybridized carbons (Fsp3) is 0.375. The molecule has 0 bridgehead atoms. The quantitative estimate of drug-likeness (QED) is 0.326. The summed E-state index contributed by atoms with van der Waals surface area (Å²) in [7, 11) is 0. The van der Waals surface area contributed by atoms with Gasteiger partial charge in [0, 0.05) is 0 Å². The molecule has 212 valence electrons. The van der Waals surface area contributed by atoms with Crippen molar-refractivity contribution in [2.75, 3.05) is 13.2 Å². The Morgan fingerprint density at radius 2 is 1.45 bits per heavy atom. The standard InChI is InChI=1S/C32H37NO7/c1-32(2,3)40-31(35)33-28-26(39-30(34)25-17-11-6-12-18-25)22-38-29(28)27(37-20-24-15-9-5-10-16-24)21-36-19-23-13-7-4-8-14-23/h4-18,26-29H,19-22H2,1-3H3,(H,33,35)/t26-,27+,28+,29+/m0/s1. The maximum absolute atomic E-state index is 12.9. The fourth-order valence-electron chi connectivity index (χ4n) is 4.35. The third-order valence-electron chi connectivity index (χ3n) is 6.23. The second-order valence-corrected chi connectivity index (χ2v) is 10.6. The third-order valence-corrected chi connectivity index (χ3v) is 6.23. The molecule has 4 rings (SSSR count). The summed E-state index contributed by atoms with van der Waals surface area (Å²) < 4.78 is 29.9. The number of ether oxygens (including phenoxy) is 5. The highest BCUT2D eigenvalue weighted by Crippen LogP contribution is 2.25. The van der Waals surface area contributed by atoms with Crippen LogP contribution in [0.5, 0.6) is 0 Å². The van der Waals surface area contributed by atoms with Crippen molar-refractivity contribution in [1.82, 2.24) is 5.32 Å². The summed E-state index contributed by atoms with van der Waals surface area (Å²) in [5.41, 5.74) is 1.70. The molecule has 0 saturated carbocycles. The Morgan fingerprint density at radius 1 is 0.875 bits per heavy atom. The minimum absolute atomic E-state index is 0.0770.